The number of carbonyl (C=O) groups excluding carboxylic acids is 2. The van der Waals surface area contributed by atoms with Gasteiger partial charge in [-0.2, -0.15) is 0 Å². The second-order valence-corrected chi connectivity index (χ2v) is 5.91. The summed E-state index contributed by atoms with van der Waals surface area (Å²) in [6, 6.07) is 9.63. The summed E-state index contributed by atoms with van der Waals surface area (Å²) in [6.45, 7) is 3.27. The molecule has 1 aliphatic rings. The molecule has 6 nitrogen and oxygen atoms in total. The third-order valence-electron chi connectivity index (χ3n) is 4.47. The molecule has 0 bridgehead atoms. The summed E-state index contributed by atoms with van der Waals surface area (Å²) in [4.78, 5) is 25.7. The number of esters is 2. The number of aromatic hydroxyl groups is 2. The molecule has 1 heterocycles. The molecule has 0 radical (unpaired) electrons. The lowest BCUT2D eigenvalue weighted by Gasteiger charge is -2.35. The highest BCUT2D eigenvalue weighted by atomic mass is 16.6. The van der Waals surface area contributed by atoms with Gasteiger partial charge in [0.15, 0.2) is 16.9 Å². The van der Waals surface area contributed by atoms with E-state index in [1.165, 1.54) is 19.1 Å². The van der Waals surface area contributed by atoms with E-state index in [4.69, 9.17) is 9.47 Å². The van der Waals surface area contributed by atoms with E-state index in [1.54, 1.807) is 31.2 Å². The lowest BCUT2D eigenvalue weighted by molar-refractivity contribution is -0.161. The van der Waals surface area contributed by atoms with Gasteiger partial charge in [0.25, 0.3) is 0 Å². The molecule has 1 aliphatic heterocycles. The molecule has 0 amide bonds. The molecule has 2 aromatic carbocycles. The molecule has 0 aromatic heterocycles. The fraction of sp³-hybridized carbons (Fsp3) is 0.263. The van der Waals surface area contributed by atoms with Crippen molar-refractivity contribution in [2.24, 2.45) is 0 Å². The highest BCUT2D eigenvalue weighted by Crippen LogP contribution is 2.43. The van der Waals surface area contributed by atoms with Crippen LogP contribution in [0.4, 0.5) is 0 Å². The lowest BCUT2D eigenvalue weighted by Crippen LogP contribution is -2.51. The Morgan fingerprint density at radius 1 is 1.24 bits per heavy atom. The molecule has 0 fully saturated rings. The average molecular weight is 342 g/mol. The molecule has 2 aromatic rings. The fourth-order valence-electron chi connectivity index (χ4n) is 3.17. The summed E-state index contributed by atoms with van der Waals surface area (Å²) >= 11 is 0. The molecule has 0 aliphatic carbocycles. The van der Waals surface area contributed by atoms with Crippen molar-refractivity contribution < 1.29 is 29.3 Å². The highest BCUT2D eigenvalue weighted by Gasteiger charge is 2.54. The van der Waals surface area contributed by atoms with Crippen LogP contribution in [0.15, 0.2) is 36.4 Å². The van der Waals surface area contributed by atoms with E-state index < -0.39 is 17.4 Å². The van der Waals surface area contributed by atoms with Crippen molar-refractivity contribution in [3.05, 3.63) is 53.1 Å². The molecule has 0 saturated carbocycles. The predicted octanol–water partition coefficient (Wildman–Crippen LogP) is 2.37. The Balaban J connectivity index is 2.25. The van der Waals surface area contributed by atoms with Gasteiger partial charge in [-0.3, -0.25) is 9.59 Å². The molecule has 2 N–H and O–H groups in total. The van der Waals surface area contributed by atoms with Crippen LogP contribution in [-0.2, 0) is 26.2 Å². The fourth-order valence-corrected chi connectivity index (χ4v) is 3.17. The van der Waals surface area contributed by atoms with Gasteiger partial charge >= 0.3 is 11.9 Å². The number of fused-ring (bicyclic) bond motifs is 1. The number of benzene rings is 2. The van der Waals surface area contributed by atoms with Crippen molar-refractivity contribution in [1.82, 2.24) is 0 Å². The number of hydrogen-bond acceptors (Lipinski definition) is 6. The molecule has 3 rings (SSSR count). The topological polar surface area (TPSA) is 93.1 Å². The highest BCUT2D eigenvalue weighted by molar-refractivity contribution is 6.09. The molecule has 0 spiro atoms. The Bertz CT molecular complexity index is 857. The average Bonchev–Trinajstić information content (AvgIpc) is 2.59. The first-order valence-electron chi connectivity index (χ1n) is 7.91. The van der Waals surface area contributed by atoms with Crippen molar-refractivity contribution in [1.29, 1.82) is 0 Å². The van der Waals surface area contributed by atoms with E-state index >= 15 is 0 Å². The Morgan fingerprint density at radius 3 is 2.68 bits per heavy atom. The summed E-state index contributed by atoms with van der Waals surface area (Å²) in [5.41, 5.74) is -0.577. The minimum atomic E-state index is -1.74. The van der Waals surface area contributed by atoms with E-state index in [2.05, 4.69) is 0 Å². The Morgan fingerprint density at radius 2 is 1.96 bits per heavy atom. The van der Waals surface area contributed by atoms with Gasteiger partial charge in [-0.15, -0.1) is 0 Å². The summed E-state index contributed by atoms with van der Waals surface area (Å²) in [5.74, 6) is -1.83. The van der Waals surface area contributed by atoms with Crippen LogP contribution in [0.5, 0.6) is 17.2 Å². The van der Waals surface area contributed by atoms with Crippen molar-refractivity contribution in [2.75, 3.05) is 6.61 Å². The van der Waals surface area contributed by atoms with Gasteiger partial charge in [-0.25, -0.2) is 0 Å². The standard InChI is InChI=1S/C19H18O6/c1-3-24-17(22)19(13-8-9-14(20)16(21)11(13)2)10-12-6-4-5-7-15(12)25-18(19)23/h4-9,20-21H,3,10H2,1-2H3. The molecular weight excluding hydrogens is 324 g/mol. The second-order valence-electron chi connectivity index (χ2n) is 5.91. The molecule has 25 heavy (non-hydrogen) atoms. The van der Waals surface area contributed by atoms with Gasteiger partial charge in [-0.05, 0) is 42.7 Å². The maximum absolute atomic E-state index is 12.9. The van der Waals surface area contributed by atoms with E-state index in [9.17, 15) is 19.8 Å². The number of rotatable bonds is 3. The van der Waals surface area contributed by atoms with Crippen LogP contribution in [0.2, 0.25) is 0 Å². The van der Waals surface area contributed by atoms with Crippen LogP contribution in [0.25, 0.3) is 0 Å². The van der Waals surface area contributed by atoms with Crippen molar-refractivity contribution in [3.63, 3.8) is 0 Å². The minimum absolute atomic E-state index is 0.0475. The van der Waals surface area contributed by atoms with Gasteiger partial charge in [0.05, 0.1) is 6.61 Å². The van der Waals surface area contributed by atoms with Gasteiger partial charge in [0, 0.05) is 6.42 Å². The van der Waals surface area contributed by atoms with Crippen molar-refractivity contribution >= 4 is 11.9 Å². The third kappa shape index (κ3) is 2.50. The van der Waals surface area contributed by atoms with Crippen LogP contribution < -0.4 is 4.74 Å². The smallest absolute Gasteiger partial charge is 0.333 e. The van der Waals surface area contributed by atoms with Crippen LogP contribution in [0.1, 0.15) is 23.6 Å². The quantitative estimate of drug-likeness (QED) is 0.385. The van der Waals surface area contributed by atoms with Gasteiger partial charge < -0.3 is 19.7 Å². The van der Waals surface area contributed by atoms with E-state index in [-0.39, 0.29) is 35.7 Å². The number of ether oxygens (including phenoxy) is 2. The first-order chi connectivity index (χ1) is 11.9. The van der Waals surface area contributed by atoms with Gasteiger partial charge in [0.1, 0.15) is 5.75 Å². The van der Waals surface area contributed by atoms with Crippen LogP contribution in [0.3, 0.4) is 0 Å². The summed E-state index contributed by atoms with van der Waals surface area (Å²) in [6.07, 6.45) is 0.0475. The Kier molecular flexibility index (Phi) is 4.12. The maximum Gasteiger partial charge on any atom is 0.333 e. The normalized spacial score (nSPS) is 19.0. The summed E-state index contributed by atoms with van der Waals surface area (Å²) in [5, 5.41) is 19.8. The van der Waals surface area contributed by atoms with Crippen LogP contribution in [0, 0.1) is 6.92 Å². The number of carbonyl (C=O) groups is 2. The largest absolute Gasteiger partial charge is 0.504 e. The minimum Gasteiger partial charge on any atom is -0.504 e. The van der Waals surface area contributed by atoms with Crippen LogP contribution in [-0.4, -0.2) is 28.8 Å². The van der Waals surface area contributed by atoms with Gasteiger partial charge in [0.2, 0.25) is 0 Å². The summed E-state index contributed by atoms with van der Waals surface area (Å²) < 4.78 is 10.6. The van der Waals surface area contributed by atoms with Gasteiger partial charge in [-0.1, -0.05) is 24.3 Å². The zero-order chi connectivity index (χ0) is 18.2. The Hall–Kier alpha value is -3.02. The first kappa shape index (κ1) is 16.8. The molecule has 6 heteroatoms. The molecule has 0 saturated heterocycles. The molecule has 1 unspecified atom stereocenters. The van der Waals surface area contributed by atoms with Crippen molar-refractivity contribution in [2.45, 2.75) is 25.7 Å². The zero-order valence-electron chi connectivity index (χ0n) is 13.9. The molecule has 1 atom stereocenters. The third-order valence-corrected chi connectivity index (χ3v) is 4.47. The molecule has 130 valence electrons. The summed E-state index contributed by atoms with van der Waals surface area (Å²) in [7, 11) is 0. The first-order valence-corrected chi connectivity index (χ1v) is 7.91. The Labute approximate surface area is 144 Å². The lowest BCUT2D eigenvalue weighted by atomic mass is 9.72. The predicted molar refractivity (Wildman–Crippen MR) is 88.6 cm³/mol. The molecular formula is C19H18O6. The number of phenolic OH excluding ortho intramolecular Hbond substituents is 2. The monoisotopic (exact) mass is 342 g/mol. The SMILES string of the molecule is CCOC(=O)C1(c2ccc(O)c(O)c2C)Cc2ccccc2OC1=O. The van der Waals surface area contributed by atoms with E-state index in [1.807, 2.05) is 0 Å². The van der Waals surface area contributed by atoms with Crippen LogP contribution >= 0.6 is 0 Å². The van der Waals surface area contributed by atoms with Crippen molar-refractivity contribution in [3.8, 4) is 17.2 Å². The maximum atomic E-state index is 12.9. The van der Waals surface area contributed by atoms with E-state index in [0.717, 1.165) is 0 Å². The zero-order valence-corrected chi connectivity index (χ0v) is 13.9. The second kappa shape index (κ2) is 6.12. The van der Waals surface area contributed by atoms with E-state index in [0.29, 0.717) is 11.3 Å². The number of phenols is 2. The number of para-hydroxylation sites is 1. The number of hydrogen-bond donors (Lipinski definition) is 2.